The van der Waals surface area contributed by atoms with E-state index in [1.807, 2.05) is 44.2 Å². The van der Waals surface area contributed by atoms with Crippen LogP contribution in [0.1, 0.15) is 13.8 Å². The molecule has 1 amide bonds. The molecule has 8 nitrogen and oxygen atoms in total. The van der Waals surface area contributed by atoms with E-state index in [4.69, 9.17) is 9.47 Å². The molecule has 1 aliphatic rings. The number of nitrogens with zero attached hydrogens (tertiary/aromatic N) is 4. The third-order valence-corrected chi connectivity index (χ3v) is 4.20. The van der Waals surface area contributed by atoms with Crippen molar-refractivity contribution >= 4 is 23.5 Å². The molecule has 2 aromatic rings. The molecule has 0 radical (unpaired) electrons. The van der Waals surface area contributed by atoms with Gasteiger partial charge in [-0.15, -0.1) is 0 Å². The fourth-order valence-corrected chi connectivity index (χ4v) is 2.89. The van der Waals surface area contributed by atoms with Gasteiger partial charge in [-0.25, -0.2) is 9.78 Å². The molecule has 1 saturated heterocycles. The van der Waals surface area contributed by atoms with Crippen molar-refractivity contribution in [3.63, 3.8) is 0 Å². The number of hydrogen-bond acceptors (Lipinski definition) is 7. The van der Waals surface area contributed by atoms with Crippen LogP contribution in [0.5, 0.6) is 5.75 Å². The van der Waals surface area contributed by atoms with E-state index in [1.165, 1.54) is 0 Å². The maximum Gasteiger partial charge on any atom is 0.409 e. The SMILES string of the molecule is CCOC(=O)N1CCN(c2ccnc(Nc3ccccc3OCC)n2)CC1. The van der Waals surface area contributed by atoms with Crippen LogP contribution in [0.3, 0.4) is 0 Å². The minimum absolute atomic E-state index is 0.255. The van der Waals surface area contributed by atoms with Crippen molar-refractivity contribution in [3.05, 3.63) is 36.5 Å². The lowest BCUT2D eigenvalue weighted by atomic mass is 10.3. The molecule has 0 spiro atoms. The molecule has 1 aromatic heterocycles. The average Bonchev–Trinajstić information content (AvgIpc) is 2.70. The minimum Gasteiger partial charge on any atom is -0.492 e. The molecule has 27 heavy (non-hydrogen) atoms. The Labute approximate surface area is 159 Å². The van der Waals surface area contributed by atoms with E-state index < -0.39 is 0 Å². The summed E-state index contributed by atoms with van der Waals surface area (Å²) in [5.74, 6) is 2.09. The summed E-state index contributed by atoms with van der Waals surface area (Å²) in [5, 5.41) is 3.22. The molecule has 1 N–H and O–H groups in total. The van der Waals surface area contributed by atoms with Crippen molar-refractivity contribution < 1.29 is 14.3 Å². The molecule has 0 unspecified atom stereocenters. The van der Waals surface area contributed by atoms with Gasteiger partial charge in [0.25, 0.3) is 0 Å². The van der Waals surface area contributed by atoms with Gasteiger partial charge in [0.15, 0.2) is 0 Å². The smallest absolute Gasteiger partial charge is 0.409 e. The molecule has 1 aliphatic heterocycles. The van der Waals surface area contributed by atoms with E-state index in [2.05, 4.69) is 20.2 Å². The number of anilines is 3. The number of carbonyl (C=O) groups excluding carboxylic acids is 1. The first-order valence-electron chi connectivity index (χ1n) is 9.19. The van der Waals surface area contributed by atoms with E-state index in [-0.39, 0.29) is 6.09 Å². The van der Waals surface area contributed by atoms with E-state index in [9.17, 15) is 4.79 Å². The Bertz CT molecular complexity index is 763. The average molecular weight is 371 g/mol. The standard InChI is InChI=1S/C19H25N5O3/c1-3-26-16-8-6-5-7-15(16)21-18-20-10-9-17(22-18)23-11-13-24(14-12-23)19(25)27-4-2/h5-10H,3-4,11-14H2,1-2H3,(H,20,21,22). The molecule has 3 rings (SSSR count). The number of rotatable bonds is 6. The zero-order valence-corrected chi connectivity index (χ0v) is 15.7. The first-order valence-corrected chi connectivity index (χ1v) is 9.19. The van der Waals surface area contributed by atoms with Crippen molar-refractivity contribution in [1.82, 2.24) is 14.9 Å². The zero-order chi connectivity index (χ0) is 19.1. The van der Waals surface area contributed by atoms with Crippen molar-refractivity contribution in [2.75, 3.05) is 49.6 Å². The minimum atomic E-state index is -0.255. The molecule has 0 aliphatic carbocycles. The Hall–Kier alpha value is -3.03. The number of aromatic nitrogens is 2. The van der Waals surface area contributed by atoms with Gasteiger partial charge in [-0.3, -0.25) is 0 Å². The summed E-state index contributed by atoms with van der Waals surface area (Å²) in [7, 11) is 0. The highest BCUT2D eigenvalue weighted by Gasteiger charge is 2.22. The monoisotopic (exact) mass is 371 g/mol. The second-order valence-electron chi connectivity index (χ2n) is 5.97. The highest BCUT2D eigenvalue weighted by Crippen LogP contribution is 2.26. The Morgan fingerprint density at radius 1 is 1.11 bits per heavy atom. The van der Waals surface area contributed by atoms with Crippen LogP contribution in [-0.2, 0) is 4.74 Å². The lowest BCUT2D eigenvalue weighted by molar-refractivity contribution is 0.105. The van der Waals surface area contributed by atoms with Gasteiger partial charge >= 0.3 is 6.09 Å². The van der Waals surface area contributed by atoms with Gasteiger partial charge < -0.3 is 24.6 Å². The van der Waals surface area contributed by atoms with Crippen molar-refractivity contribution in [1.29, 1.82) is 0 Å². The maximum atomic E-state index is 11.8. The van der Waals surface area contributed by atoms with Gasteiger partial charge in [0.05, 0.1) is 18.9 Å². The van der Waals surface area contributed by atoms with E-state index in [0.717, 1.165) is 17.3 Å². The Balaban J connectivity index is 1.66. The first kappa shape index (κ1) is 18.8. The number of benzene rings is 1. The molecule has 0 bridgehead atoms. The molecule has 2 heterocycles. The van der Waals surface area contributed by atoms with Gasteiger partial charge in [0.2, 0.25) is 5.95 Å². The summed E-state index contributed by atoms with van der Waals surface area (Å²) in [4.78, 5) is 24.6. The van der Waals surface area contributed by atoms with Gasteiger partial charge in [0, 0.05) is 32.4 Å². The van der Waals surface area contributed by atoms with Crippen LogP contribution in [0.25, 0.3) is 0 Å². The first-order chi connectivity index (χ1) is 13.2. The number of nitrogens with one attached hydrogen (secondary N) is 1. The van der Waals surface area contributed by atoms with Gasteiger partial charge in [0.1, 0.15) is 11.6 Å². The highest BCUT2D eigenvalue weighted by molar-refractivity contribution is 5.68. The van der Waals surface area contributed by atoms with Crippen molar-refractivity contribution in [3.8, 4) is 5.75 Å². The van der Waals surface area contributed by atoms with Gasteiger partial charge in [-0.2, -0.15) is 4.98 Å². The topological polar surface area (TPSA) is 79.8 Å². The van der Waals surface area contributed by atoms with Crippen LogP contribution < -0.4 is 15.0 Å². The number of para-hydroxylation sites is 2. The highest BCUT2D eigenvalue weighted by atomic mass is 16.6. The van der Waals surface area contributed by atoms with Crippen LogP contribution in [0.15, 0.2) is 36.5 Å². The maximum absolute atomic E-state index is 11.8. The number of ether oxygens (including phenoxy) is 2. The third-order valence-electron chi connectivity index (χ3n) is 4.20. The van der Waals surface area contributed by atoms with Crippen LogP contribution >= 0.6 is 0 Å². The van der Waals surface area contributed by atoms with Crippen LogP contribution in [0, 0.1) is 0 Å². The van der Waals surface area contributed by atoms with Crippen LogP contribution in [-0.4, -0.2) is 60.4 Å². The quantitative estimate of drug-likeness (QED) is 0.836. The van der Waals surface area contributed by atoms with E-state index >= 15 is 0 Å². The van der Waals surface area contributed by atoms with E-state index in [1.54, 1.807) is 11.1 Å². The normalized spacial score (nSPS) is 14.0. The largest absolute Gasteiger partial charge is 0.492 e. The molecule has 1 fully saturated rings. The molecule has 0 saturated carbocycles. The molecule has 0 atom stereocenters. The van der Waals surface area contributed by atoms with Crippen LogP contribution in [0.4, 0.5) is 22.2 Å². The lowest BCUT2D eigenvalue weighted by Crippen LogP contribution is -2.49. The number of carbonyl (C=O) groups is 1. The summed E-state index contributed by atoms with van der Waals surface area (Å²) in [5.41, 5.74) is 0.823. The summed E-state index contributed by atoms with van der Waals surface area (Å²) in [6.45, 7) is 7.36. The number of amides is 1. The van der Waals surface area contributed by atoms with Crippen LogP contribution in [0.2, 0.25) is 0 Å². The molecular weight excluding hydrogens is 346 g/mol. The summed E-state index contributed by atoms with van der Waals surface area (Å²) in [6, 6.07) is 9.57. The lowest BCUT2D eigenvalue weighted by Gasteiger charge is -2.34. The van der Waals surface area contributed by atoms with Crippen molar-refractivity contribution in [2.24, 2.45) is 0 Å². The second-order valence-corrected chi connectivity index (χ2v) is 5.97. The van der Waals surface area contributed by atoms with Crippen molar-refractivity contribution in [2.45, 2.75) is 13.8 Å². The molecule has 1 aromatic carbocycles. The summed E-state index contributed by atoms with van der Waals surface area (Å²) in [6.07, 6.45) is 1.47. The molecule has 8 heteroatoms. The van der Waals surface area contributed by atoms with E-state index in [0.29, 0.717) is 45.3 Å². The molecule has 144 valence electrons. The Morgan fingerprint density at radius 3 is 2.63 bits per heavy atom. The third kappa shape index (κ3) is 4.78. The van der Waals surface area contributed by atoms with Gasteiger partial charge in [-0.1, -0.05) is 12.1 Å². The summed E-state index contributed by atoms with van der Waals surface area (Å²) >= 11 is 0. The zero-order valence-electron chi connectivity index (χ0n) is 15.7. The Morgan fingerprint density at radius 2 is 1.89 bits per heavy atom. The molecular formula is C19H25N5O3. The second kappa shape index (κ2) is 9.07. The van der Waals surface area contributed by atoms with Gasteiger partial charge in [-0.05, 0) is 32.0 Å². The fraction of sp³-hybridized carbons (Fsp3) is 0.421. The fourth-order valence-electron chi connectivity index (χ4n) is 2.89. The Kier molecular flexibility index (Phi) is 6.30. The summed E-state index contributed by atoms with van der Waals surface area (Å²) < 4.78 is 10.7. The number of hydrogen-bond donors (Lipinski definition) is 1. The number of piperazine rings is 1. The predicted octanol–water partition coefficient (Wildman–Crippen LogP) is 2.90. The predicted molar refractivity (Wildman–Crippen MR) is 104 cm³/mol.